The van der Waals surface area contributed by atoms with Crippen molar-refractivity contribution in [3.63, 3.8) is 0 Å². The van der Waals surface area contributed by atoms with E-state index in [9.17, 15) is 0 Å². The lowest BCUT2D eigenvalue weighted by molar-refractivity contribution is 0.303. The molecular formula is C9H22N2. The van der Waals surface area contributed by atoms with E-state index in [-0.39, 0.29) is 0 Å². The number of likely N-dealkylation sites (N-methyl/N-ethyl adjacent to an activating group) is 1. The van der Waals surface area contributed by atoms with E-state index < -0.39 is 0 Å². The molecule has 0 amide bonds. The molecule has 0 heterocycles. The van der Waals surface area contributed by atoms with Crippen molar-refractivity contribution in [2.45, 2.75) is 32.7 Å². The highest BCUT2D eigenvalue weighted by Crippen LogP contribution is 1.89. The molecule has 0 aliphatic heterocycles. The van der Waals surface area contributed by atoms with Crippen LogP contribution in [0.25, 0.3) is 0 Å². The predicted octanol–water partition coefficient (Wildman–Crippen LogP) is 1.33. The Hall–Kier alpha value is -0.0800. The number of hydrogen-bond donors (Lipinski definition) is 1. The molecule has 0 spiro atoms. The maximum atomic E-state index is 3.43. The molecule has 2 heteroatoms. The fourth-order valence-corrected chi connectivity index (χ4v) is 0.795. The van der Waals surface area contributed by atoms with Gasteiger partial charge in [-0.1, -0.05) is 13.3 Å². The van der Waals surface area contributed by atoms with E-state index in [1.807, 2.05) is 0 Å². The molecule has 1 atom stereocenters. The topological polar surface area (TPSA) is 15.3 Å². The molecule has 0 aromatic heterocycles. The van der Waals surface area contributed by atoms with Crippen LogP contribution in [0, 0.1) is 0 Å². The van der Waals surface area contributed by atoms with Crippen molar-refractivity contribution >= 4 is 0 Å². The van der Waals surface area contributed by atoms with Crippen LogP contribution in [-0.4, -0.2) is 38.1 Å². The summed E-state index contributed by atoms with van der Waals surface area (Å²) in [6, 6.07) is 0.645. The lowest BCUT2D eigenvalue weighted by Crippen LogP contribution is -2.35. The van der Waals surface area contributed by atoms with Crippen molar-refractivity contribution in [3.8, 4) is 0 Å². The van der Waals surface area contributed by atoms with Crippen molar-refractivity contribution < 1.29 is 0 Å². The normalized spacial score (nSPS) is 13.9. The molecule has 0 fully saturated rings. The first kappa shape index (κ1) is 10.9. The molecule has 11 heavy (non-hydrogen) atoms. The van der Waals surface area contributed by atoms with E-state index in [4.69, 9.17) is 0 Å². The SMILES string of the molecule is CCCCNCC(C)N(C)C. The van der Waals surface area contributed by atoms with Gasteiger partial charge in [0.05, 0.1) is 0 Å². The summed E-state index contributed by atoms with van der Waals surface area (Å²) in [6.45, 7) is 6.72. The fraction of sp³-hybridized carbons (Fsp3) is 1.00. The van der Waals surface area contributed by atoms with E-state index in [0.29, 0.717) is 6.04 Å². The molecule has 2 nitrogen and oxygen atoms in total. The highest BCUT2D eigenvalue weighted by Gasteiger charge is 2.01. The number of rotatable bonds is 6. The molecule has 1 unspecified atom stereocenters. The zero-order valence-electron chi connectivity index (χ0n) is 8.35. The van der Waals surface area contributed by atoms with Crippen LogP contribution in [0.4, 0.5) is 0 Å². The first-order chi connectivity index (χ1) is 5.18. The van der Waals surface area contributed by atoms with E-state index >= 15 is 0 Å². The summed E-state index contributed by atoms with van der Waals surface area (Å²) >= 11 is 0. The summed E-state index contributed by atoms with van der Waals surface area (Å²) in [6.07, 6.45) is 2.57. The fourth-order valence-electron chi connectivity index (χ4n) is 0.795. The Labute approximate surface area is 71.0 Å². The van der Waals surface area contributed by atoms with Crippen LogP contribution in [0.15, 0.2) is 0 Å². The van der Waals surface area contributed by atoms with Gasteiger partial charge < -0.3 is 10.2 Å². The molecule has 0 rings (SSSR count). The van der Waals surface area contributed by atoms with Gasteiger partial charge in [-0.3, -0.25) is 0 Å². The highest BCUT2D eigenvalue weighted by atomic mass is 15.1. The number of hydrogen-bond acceptors (Lipinski definition) is 2. The van der Waals surface area contributed by atoms with Crippen molar-refractivity contribution in [3.05, 3.63) is 0 Å². The van der Waals surface area contributed by atoms with Crippen molar-refractivity contribution in [1.29, 1.82) is 0 Å². The molecule has 0 saturated heterocycles. The van der Waals surface area contributed by atoms with E-state index in [1.165, 1.54) is 12.8 Å². The molecule has 0 radical (unpaired) electrons. The highest BCUT2D eigenvalue weighted by molar-refractivity contribution is 4.61. The summed E-state index contributed by atoms with van der Waals surface area (Å²) in [4.78, 5) is 2.24. The average molecular weight is 158 g/mol. The quantitative estimate of drug-likeness (QED) is 0.587. The van der Waals surface area contributed by atoms with Gasteiger partial charge in [0.25, 0.3) is 0 Å². The van der Waals surface area contributed by atoms with Crippen LogP contribution in [0.5, 0.6) is 0 Å². The van der Waals surface area contributed by atoms with Crippen LogP contribution in [0.1, 0.15) is 26.7 Å². The van der Waals surface area contributed by atoms with E-state index in [1.54, 1.807) is 0 Å². The lowest BCUT2D eigenvalue weighted by Gasteiger charge is -2.19. The Kier molecular flexibility index (Phi) is 6.57. The Morgan fingerprint density at radius 2 is 2.00 bits per heavy atom. The zero-order valence-corrected chi connectivity index (χ0v) is 8.35. The largest absolute Gasteiger partial charge is 0.315 e. The minimum atomic E-state index is 0.645. The van der Waals surface area contributed by atoms with Gasteiger partial charge in [-0.15, -0.1) is 0 Å². The van der Waals surface area contributed by atoms with Crippen LogP contribution >= 0.6 is 0 Å². The third kappa shape index (κ3) is 6.32. The van der Waals surface area contributed by atoms with Gasteiger partial charge in [-0.25, -0.2) is 0 Å². The predicted molar refractivity (Wildman–Crippen MR) is 50.9 cm³/mol. The summed E-state index contributed by atoms with van der Waals surface area (Å²) in [5.41, 5.74) is 0. The van der Waals surface area contributed by atoms with Gasteiger partial charge in [-0.2, -0.15) is 0 Å². The van der Waals surface area contributed by atoms with E-state index in [2.05, 4.69) is 38.2 Å². The molecule has 0 aromatic carbocycles. The maximum Gasteiger partial charge on any atom is 0.0186 e. The molecule has 0 aliphatic carbocycles. The number of unbranched alkanes of at least 4 members (excludes halogenated alkanes) is 1. The van der Waals surface area contributed by atoms with Crippen LogP contribution in [0.3, 0.4) is 0 Å². The second kappa shape index (κ2) is 6.62. The third-order valence-electron chi connectivity index (χ3n) is 2.03. The monoisotopic (exact) mass is 158 g/mol. The summed E-state index contributed by atoms with van der Waals surface area (Å²) in [5, 5.41) is 3.43. The maximum absolute atomic E-state index is 3.43. The molecule has 0 aromatic rings. The van der Waals surface area contributed by atoms with Crippen LogP contribution < -0.4 is 5.32 Å². The Bertz CT molecular complexity index is 81.6. The molecule has 68 valence electrons. The Morgan fingerprint density at radius 3 is 2.45 bits per heavy atom. The molecule has 0 aliphatic rings. The minimum absolute atomic E-state index is 0.645. The standard InChI is InChI=1S/C9H22N2/c1-5-6-7-10-8-9(2)11(3)4/h9-10H,5-8H2,1-4H3. The van der Waals surface area contributed by atoms with E-state index in [0.717, 1.165) is 13.1 Å². The third-order valence-corrected chi connectivity index (χ3v) is 2.03. The number of nitrogens with one attached hydrogen (secondary N) is 1. The van der Waals surface area contributed by atoms with Crippen molar-refractivity contribution in [2.24, 2.45) is 0 Å². The zero-order chi connectivity index (χ0) is 8.69. The van der Waals surface area contributed by atoms with Crippen molar-refractivity contribution in [1.82, 2.24) is 10.2 Å². The molecular weight excluding hydrogens is 136 g/mol. The van der Waals surface area contributed by atoms with Crippen LogP contribution in [-0.2, 0) is 0 Å². The molecule has 1 N–H and O–H groups in total. The minimum Gasteiger partial charge on any atom is -0.315 e. The van der Waals surface area contributed by atoms with Gasteiger partial charge >= 0.3 is 0 Å². The van der Waals surface area contributed by atoms with Gasteiger partial charge in [0, 0.05) is 12.6 Å². The smallest absolute Gasteiger partial charge is 0.0186 e. The van der Waals surface area contributed by atoms with Gasteiger partial charge in [0.2, 0.25) is 0 Å². The summed E-state index contributed by atoms with van der Waals surface area (Å²) < 4.78 is 0. The van der Waals surface area contributed by atoms with Gasteiger partial charge in [0.1, 0.15) is 0 Å². The summed E-state index contributed by atoms with van der Waals surface area (Å²) in [5.74, 6) is 0. The molecule has 0 saturated carbocycles. The summed E-state index contributed by atoms with van der Waals surface area (Å²) in [7, 11) is 4.23. The Morgan fingerprint density at radius 1 is 1.36 bits per heavy atom. The lowest BCUT2D eigenvalue weighted by atomic mass is 10.3. The average Bonchev–Trinajstić information content (AvgIpc) is 1.97. The number of nitrogens with zero attached hydrogens (tertiary/aromatic N) is 1. The second-order valence-corrected chi connectivity index (χ2v) is 3.37. The molecule has 0 bridgehead atoms. The first-order valence-corrected chi connectivity index (χ1v) is 4.55. The second-order valence-electron chi connectivity index (χ2n) is 3.37. The Balaban J connectivity index is 3.10. The van der Waals surface area contributed by atoms with Gasteiger partial charge in [0.15, 0.2) is 0 Å². The van der Waals surface area contributed by atoms with Crippen molar-refractivity contribution in [2.75, 3.05) is 27.2 Å². The van der Waals surface area contributed by atoms with Gasteiger partial charge in [-0.05, 0) is 34.0 Å². The first-order valence-electron chi connectivity index (χ1n) is 4.55. The van der Waals surface area contributed by atoms with Crippen LogP contribution in [0.2, 0.25) is 0 Å².